The summed E-state index contributed by atoms with van der Waals surface area (Å²) >= 11 is 6.42. The van der Waals surface area contributed by atoms with Crippen molar-refractivity contribution in [3.05, 3.63) is 52.2 Å². The molecule has 0 radical (unpaired) electrons. The van der Waals surface area contributed by atoms with Crippen molar-refractivity contribution in [3.63, 3.8) is 0 Å². The maximum absolute atomic E-state index is 12.5. The van der Waals surface area contributed by atoms with E-state index in [1.807, 2.05) is 17.5 Å². The first-order valence-corrected chi connectivity index (χ1v) is 11.0. The van der Waals surface area contributed by atoms with Crippen molar-refractivity contribution in [2.45, 2.75) is 11.3 Å². The molecule has 0 atom stereocenters. The molecule has 1 aromatic carbocycles. The minimum Gasteiger partial charge on any atom is -1.00 e. The molecule has 0 saturated carbocycles. The van der Waals surface area contributed by atoms with Crippen molar-refractivity contribution >= 4 is 50.7 Å². The van der Waals surface area contributed by atoms with E-state index in [1.54, 1.807) is 29.5 Å². The molecule has 0 aliphatic carbocycles. The molecule has 1 aromatic heterocycles. The molecule has 0 spiro atoms. The van der Waals surface area contributed by atoms with Crippen molar-refractivity contribution in [1.82, 2.24) is 15.4 Å². The molecule has 152 valence electrons. The van der Waals surface area contributed by atoms with Gasteiger partial charge in [-0.2, -0.15) is 0 Å². The van der Waals surface area contributed by atoms with Crippen LogP contribution in [0.25, 0.3) is 6.08 Å². The smallest absolute Gasteiger partial charge is 1.00 e. The number of hydrogen-bond donors (Lipinski definition) is 3. The molecule has 0 aliphatic heterocycles. The first-order chi connectivity index (χ1) is 13.4. The van der Waals surface area contributed by atoms with Gasteiger partial charge in [0.05, 0.1) is 7.11 Å². The molecule has 29 heavy (non-hydrogen) atoms. The Hall–Kier alpha value is -1.43. The maximum atomic E-state index is 12.5. The molecule has 0 aliphatic rings. The third kappa shape index (κ3) is 8.07. The number of ether oxygens (including phenoxy) is 1. The van der Waals surface area contributed by atoms with E-state index in [1.165, 1.54) is 26.3 Å². The molecule has 0 saturated heterocycles. The fourth-order valence-electron chi connectivity index (χ4n) is 2.25. The Labute approximate surface area is 203 Å². The molecular weight excluding hydrogens is 441 g/mol. The van der Waals surface area contributed by atoms with Gasteiger partial charge in [-0.15, -0.1) is 11.3 Å². The molecule has 1 amide bonds. The molecule has 7 nitrogen and oxygen atoms in total. The van der Waals surface area contributed by atoms with Crippen LogP contribution < -0.4 is 49.6 Å². The minimum absolute atomic E-state index is 0. The van der Waals surface area contributed by atoms with E-state index < -0.39 is 10.0 Å². The second kappa shape index (κ2) is 12.3. The summed E-state index contributed by atoms with van der Waals surface area (Å²) in [6, 6.07) is 8.66. The van der Waals surface area contributed by atoms with Crippen LogP contribution in [-0.2, 0) is 21.2 Å². The summed E-state index contributed by atoms with van der Waals surface area (Å²) in [7, 11) is -0.973. The molecule has 2 rings (SSSR count). The van der Waals surface area contributed by atoms with E-state index in [0.717, 1.165) is 10.4 Å². The summed E-state index contributed by atoms with van der Waals surface area (Å²) in [6.07, 6.45) is 3.67. The van der Waals surface area contributed by atoms with Crippen LogP contribution in [-0.4, -0.2) is 40.1 Å². The molecule has 0 bridgehead atoms. The van der Waals surface area contributed by atoms with Gasteiger partial charge < -0.3 is 16.8 Å². The summed E-state index contributed by atoms with van der Waals surface area (Å²) in [4.78, 5) is 12.8. The van der Waals surface area contributed by atoms with Gasteiger partial charge in [-0.25, -0.2) is 8.42 Å². The second-order valence-electron chi connectivity index (χ2n) is 5.56. The Bertz CT molecular complexity index is 967. The molecule has 0 unspecified atom stereocenters. The number of carbonyl (C=O) groups excluding carboxylic acids is 1. The van der Waals surface area contributed by atoms with Crippen molar-refractivity contribution in [2.24, 2.45) is 0 Å². The average Bonchev–Trinajstić information content (AvgIpc) is 3.19. The Morgan fingerprint density at radius 1 is 1.34 bits per heavy atom. The Morgan fingerprint density at radius 2 is 2.10 bits per heavy atom. The first-order valence-electron chi connectivity index (χ1n) is 8.26. The van der Waals surface area contributed by atoms with E-state index in [9.17, 15) is 13.2 Å². The van der Waals surface area contributed by atoms with Crippen LogP contribution in [0.3, 0.4) is 0 Å². The van der Waals surface area contributed by atoms with Crippen LogP contribution in [0.1, 0.15) is 11.9 Å². The Balaban J connectivity index is 0.00000420. The number of amides is 1. The van der Waals surface area contributed by atoms with Gasteiger partial charge in [0.25, 0.3) is 10.0 Å². The zero-order valence-electron chi connectivity index (χ0n) is 17.4. The number of methoxy groups -OCH3 is 1. The van der Waals surface area contributed by atoms with Crippen molar-refractivity contribution < 1.29 is 48.9 Å². The van der Waals surface area contributed by atoms with Crippen LogP contribution in [0.2, 0.25) is 0 Å². The average molecular weight is 464 g/mol. The number of thiocarbonyl (C=S) groups is 1. The summed E-state index contributed by atoms with van der Waals surface area (Å²) in [6.45, 7) is 0.363. The normalized spacial score (nSPS) is 10.8. The van der Waals surface area contributed by atoms with Crippen LogP contribution in [0, 0.1) is 0 Å². The first kappa shape index (κ1) is 25.6. The van der Waals surface area contributed by atoms with E-state index in [-0.39, 0.29) is 52.6 Å². The van der Waals surface area contributed by atoms with E-state index in [0.29, 0.717) is 13.0 Å². The zero-order chi connectivity index (χ0) is 20.6. The Morgan fingerprint density at radius 3 is 2.72 bits per heavy atom. The number of rotatable bonds is 8. The number of thiophene rings is 1. The summed E-state index contributed by atoms with van der Waals surface area (Å²) in [5, 5.41) is 7.25. The van der Waals surface area contributed by atoms with Gasteiger partial charge in [-0.3, -0.25) is 9.52 Å². The molecule has 3 N–H and O–H groups in total. The fourth-order valence-corrected chi connectivity index (χ4v) is 4.37. The topological polar surface area (TPSA) is 96.5 Å². The molecule has 2 aromatic rings. The van der Waals surface area contributed by atoms with Crippen LogP contribution in [0.5, 0.6) is 5.75 Å². The summed E-state index contributed by atoms with van der Waals surface area (Å²) in [5.41, 5.74) is 0.735. The number of carbonyl (C=O) groups is 1. The standard InChI is InChI=1S/C18H21N3O4S3.Na.H/c1-19-18(26)21-28(23,24)16-12-13(5-7-15(16)25-2)9-10-20-17(22)8-6-14-4-3-11-27-14;;/h3-8,11-12H,9-10H2,1-2H3,(H,20,22)(H2,19,21,26);;/q;+1;-1. The van der Waals surface area contributed by atoms with Gasteiger partial charge in [0.1, 0.15) is 10.6 Å². The van der Waals surface area contributed by atoms with Gasteiger partial charge in [0.15, 0.2) is 5.11 Å². The van der Waals surface area contributed by atoms with Crippen molar-refractivity contribution in [3.8, 4) is 5.75 Å². The van der Waals surface area contributed by atoms with Gasteiger partial charge >= 0.3 is 29.6 Å². The van der Waals surface area contributed by atoms with Crippen molar-refractivity contribution in [1.29, 1.82) is 0 Å². The molecular formula is C18H22N3NaO4S3. The molecule has 11 heteroatoms. The number of hydrogen-bond acceptors (Lipinski definition) is 6. The predicted molar refractivity (Wildman–Crippen MR) is 116 cm³/mol. The minimum atomic E-state index is -3.89. The van der Waals surface area contributed by atoms with Crippen molar-refractivity contribution in [2.75, 3.05) is 20.7 Å². The largest absolute Gasteiger partial charge is 1.00 e. The molecule has 0 fully saturated rings. The SMILES string of the molecule is CNC(=S)NS(=O)(=O)c1cc(CCNC(=O)C=Cc2cccs2)ccc1OC.[H-].[Na+]. The van der Waals surface area contributed by atoms with Crippen LogP contribution in [0.15, 0.2) is 46.7 Å². The molecule has 1 heterocycles. The van der Waals surface area contributed by atoms with Gasteiger partial charge in [-0.1, -0.05) is 12.1 Å². The van der Waals surface area contributed by atoms with E-state index in [2.05, 4.69) is 15.4 Å². The van der Waals surface area contributed by atoms with Gasteiger partial charge in [-0.05, 0) is 53.9 Å². The number of benzene rings is 1. The summed E-state index contributed by atoms with van der Waals surface area (Å²) in [5.74, 6) is -0.00568. The number of sulfonamides is 1. The zero-order valence-corrected chi connectivity index (χ0v) is 20.8. The van der Waals surface area contributed by atoms with Crippen LogP contribution >= 0.6 is 23.6 Å². The van der Waals surface area contributed by atoms with E-state index in [4.69, 9.17) is 17.0 Å². The van der Waals surface area contributed by atoms with Crippen LogP contribution in [0.4, 0.5) is 0 Å². The number of nitrogens with one attached hydrogen (secondary N) is 3. The van der Waals surface area contributed by atoms with Gasteiger partial charge in [0.2, 0.25) is 5.91 Å². The predicted octanol–water partition coefficient (Wildman–Crippen LogP) is -0.972. The van der Waals surface area contributed by atoms with E-state index >= 15 is 0 Å². The third-order valence-corrected chi connectivity index (χ3v) is 6.27. The summed E-state index contributed by atoms with van der Waals surface area (Å²) < 4.78 is 32.4. The quantitative estimate of drug-likeness (QED) is 0.265. The fraction of sp³-hybridized carbons (Fsp3) is 0.222. The monoisotopic (exact) mass is 463 g/mol. The maximum Gasteiger partial charge on any atom is 1.00 e. The second-order valence-corrected chi connectivity index (χ2v) is 8.60. The van der Waals surface area contributed by atoms with Gasteiger partial charge in [0, 0.05) is 24.5 Å². The Kier molecular flexibility index (Phi) is 10.9. The third-order valence-electron chi connectivity index (χ3n) is 3.63.